The van der Waals surface area contributed by atoms with Crippen LogP contribution in [0.25, 0.3) is 0 Å². The summed E-state index contributed by atoms with van der Waals surface area (Å²) in [4.78, 5) is 28.6. The summed E-state index contributed by atoms with van der Waals surface area (Å²) in [7, 11) is 1.62. The number of carbonyl (C=O) groups is 1. The molecular formula is C15H19N3O2. The first-order valence-electron chi connectivity index (χ1n) is 6.52. The Balaban J connectivity index is 2.51. The molecule has 0 saturated carbocycles. The van der Waals surface area contributed by atoms with Crippen LogP contribution in [0.4, 0.5) is 0 Å². The molecule has 5 heteroatoms. The number of H-pyrrole nitrogens is 1. The van der Waals surface area contributed by atoms with Gasteiger partial charge in [0.15, 0.2) is 0 Å². The van der Waals surface area contributed by atoms with Crippen LogP contribution in [-0.2, 0) is 13.5 Å². The van der Waals surface area contributed by atoms with Crippen molar-refractivity contribution in [2.75, 3.05) is 0 Å². The third-order valence-electron chi connectivity index (χ3n) is 2.98. The van der Waals surface area contributed by atoms with E-state index in [1.54, 1.807) is 25.4 Å². The van der Waals surface area contributed by atoms with E-state index in [2.05, 4.69) is 30.9 Å². The van der Waals surface area contributed by atoms with Gasteiger partial charge in [-0.3, -0.25) is 24.4 Å². The van der Waals surface area contributed by atoms with Gasteiger partial charge in [-0.05, 0) is 24.0 Å². The van der Waals surface area contributed by atoms with Gasteiger partial charge in [-0.15, -0.1) is 0 Å². The number of nitrogens with zero attached hydrogens (tertiary/aromatic N) is 2. The van der Waals surface area contributed by atoms with Crippen molar-refractivity contribution in [3.05, 3.63) is 51.7 Å². The zero-order valence-electron chi connectivity index (χ0n) is 12.2. The van der Waals surface area contributed by atoms with Crippen LogP contribution in [-0.4, -0.2) is 20.5 Å². The molecular weight excluding hydrogens is 254 g/mol. The largest absolute Gasteiger partial charge is 0.299 e. The third-order valence-corrected chi connectivity index (χ3v) is 2.98. The summed E-state index contributed by atoms with van der Waals surface area (Å²) >= 11 is 0. The average molecular weight is 273 g/mol. The molecule has 0 bridgehead atoms. The quantitative estimate of drug-likeness (QED) is 0.869. The third kappa shape index (κ3) is 2.87. The number of hydrogen-bond acceptors (Lipinski definition) is 3. The van der Waals surface area contributed by atoms with Gasteiger partial charge in [0.2, 0.25) is 5.78 Å². The molecule has 2 aromatic heterocycles. The van der Waals surface area contributed by atoms with Crippen molar-refractivity contribution in [2.45, 2.75) is 27.2 Å². The number of hydrogen-bond donors (Lipinski definition) is 1. The van der Waals surface area contributed by atoms with Gasteiger partial charge < -0.3 is 0 Å². The predicted molar refractivity (Wildman–Crippen MR) is 76.9 cm³/mol. The number of nitrogens with one attached hydrogen (secondary N) is 1. The van der Waals surface area contributed by atoms with E-state index < -0.39 is 0 Å². The summed E-state index contributed by atoms with van der Waals surface area (Å²) in [6.07, 6.45) is 3.71. The normalized spacial score (nSPS) is 11.6. The summed E-state index contributed by atoms with van der Waals surface area (Å²) < 4.78 is 1.35. The van der Waals surface area contributed by atoms with E-state index >= 15 is 0 Å². The van der Waals surface area contributed by atoms with Gasteiger partial charge in [0.25, 0.3) is 5.56 Å². The molecule has 0 saturated heterocycles. The second kappa shape index (κ2) is 5.07. The first-order chi connectivity index (χ1) is 9.29. The van der Waals surface area contributed by atoms with E-state index in [9.17, 15) is 9.59 Å². The lowest BCUT2D eigenvalue weighted by Gasteiger charge is -2.17. The van der Waals surface area contributed by atoms with Crippen LogP contribution in [0.3, 0.4) is 0 Å². The molecule has 0 aliphatic rings. The number of aromatic nitrogens is 3. The molecule has 0 atom stereocenters. The fraction of sp³-hybridized carbons (Fsp3) is 0.400. The van der Waals surface area contributed by atoms with E-state index in [1.807, 2.05) is 0 Å². The first-order valence-corrected chi connectivity index (χ1v) is 6.52. The molecule has 0 aromatic carbocycles. The Labute approximate surface area is 117 Å². The molecule has 0 radical (unpaired) electrons. The molecule has 1 N–H and O–H groups in total. The highest BCUT2D eigenvalue weighted by molar-refractivity contribution is 6.09. The van der Waals surface area contributed by atoms with Crippen molar-refractivity contribution in [3.63, 3.8) is 0 Å². The molecule has 0 fully saturated rings. The number of aromatic amines is 1. The first kappa shape index (κ1) is 14.2. The number of aryl methyl sites for hydroxylation is 1. The van der Waals surface area contributed by atoms with Crippen LogP contribution in [0, 0.1) is 5.41 Å². The number of ketones is 1. The fourth-order valence-electron chi connectivity index (χ4n) is 2.14. The highest BCUT2D eigenvalue weighted by Crippen LogP contribution is 2.21. The maximum atomic E-state index is 12.5. The molecule has 20 heavy (non-hydrogen) atoms. The van der Waals surface area contributed by atoms with Crippen molar-refractivity contribution in [2.24, 2.45) is 12.5 Å². The molecule has 5 nitrogen and oxygen atoms in total. The Kier molecular flexibility index (Phi) is 3.61. The monoisotopic (exact) mass is 273 g/mol. The Morgan fingerprint density at radius 1 is 1.40 bits per heavy atom. The van der Waals surface area contributed by atoms with Gasteiger partial charge in [-0.2, -0.15) is 0 Å². The molecule has 0 spiro atoms. The van der Waals surface area contributed by atoms with E-state index in [0.29, 0.717) is 17.7 Å². The summed E-state index contributed by atoms with van der Waals surface area (Å²) in [5, 5.41) is 2.98. The average Bonchev–Trinajstić information content (AvgIpc) is 2.63. The Hall–Kier alpha value is -2.17. The molecule has 0 amide bonds. The number of pyridine rings is 1. The lowest BCUT2D eigenvalue weighted by Crippen LogP contribution is -2.20. The minimum atomic E-state index is -0.293. The van der Waals surface area contributed by atoms with Crippen molar-refractivity contribution in [1.82, 2.24) is 14.8 Å². The second-order valence-electron chi connectivity index (χ2n) is 6.14. The standard InChI is InChI=1S/C15H19N3O2/c1-15(2,3)8-11-12(14(20)18(4)17-11)13(19)10-6-5-7-16-9-10/h5-7,9,17H,8H2,1-4H3. The van der Waals surface area contributed by atoms with Crippen LogP contribution in [0.5, 0.6) is 0 Å². The highest BCUT2D eigenvalue weighted by atomic mass is 16.2. The van der Waals surface area contributed by atoms with Gasteiger partial charge in [-0.1, -0.05) is 20.8 Å². The maximum absolute atomic E-state index is 12.5. The van der Waals surface area contributed by atoms with Crippen LogP contribution < -0.4 is 5.56 Å². The van der Waals surface area contributed by atoms with Crippen LogP contribution in [0.1, 0.15) is 42.4 Å². The van der Waals surface area contributed by atoms with E-state index in [-0.39, 0.29) is 22.3 Å². The van der Waals surface area contributed by atoms with Gasteiger partial charge in [-0.25, -0.2) is 0 Å². The topological polar surface area (TPSA) is 67.8 Å². The van der Waals surface area contributed by atoms with Gasteiger partial charge in [0.1, 0.15) is 5.56 Å². The molecule has 0 aliphatic heterocycles. The Morgan fingerprint density at radius 3 is 2.65 bits per heavy atom. The van der Waals surface area contributed by atoms with E-state index in [0.717, 1.165) is 0 Å². The van der Waals surface area contributed by atoms with Crippen molar-refractivity contribution in [1.29, 1.82) is 0 Å². The van der Waals surface area contributed by atoms with Gasteiger partial charge >= 0.3 is 0 Å². The summed E-state index contributed by atoms with van der Waals surface area (Å²) in [6.45, 7) is 6.20. The second-order valence-corrected chi connectivity index (χ2v) is 6.14. The van der Waals surface area contributed by atoms with Gasteiger partial charge in [0, 0.05) is 30.7 Å². The summed E-state index contributed by atoms with van der Waals surface area (Å²) in [5.41, 5.74) is 1.01. The molecule has 2 rings (SSSR count). The maximum Gasteiger partial charge on any atom is 0.277 e. The van der Waals surface area contributed by atoms with Crippen LogP contribution in [0.2, 0.25) is 0 Å². The molecule has 0 aliphatic carbocycles. The minimum Gasteiger partial charge on any atom is -0.299 e. The molecule has 2 aromatic rings. The van der Waals surface area contributed by atoms with Crippen LogP contribution >= 0.6 is 0 Å². The lowest BCUT2D eigenvalue weighted by molar-refractivity contribution is 0.103. The zero-order chi connectivity index (χ0) is 14.9. The summed E-state index contributed by atoms with van der Waals surface area (Å²) in [5.74, 6) is -0.279. The Bertz CT molecular complexity index is 675. The lowest BCUT2D eigenvalue weighted by atomic mass is 9.88. The van der Waals surface area contributed by atoms with Crippen molar-refractivity contribution < 1.29 is 4.79 Å². The van der Waals surface area contributed by atoms with E-state index in [4.69, 9.17) is 0 Å². The van der Waals surface area contributed by atoms with E-state index in [1.165, 1.54) is 10.9 Å². The number of rotatable bonds is 3. The molecule has 106 valence electrons. The van der Waals surface area contributed by atoms with Crippen LogP contribution in [0.15, 0.2) is 29.3 Å². The smallest absolute Gasteiger partial charge is 0.277 e. The number of carbonyl (C=O) groups excluding carboxylic acids is 1. The van der Waals surface area contributed by atoms with Crippen molar-refractivity contribution >= 4 is 5.78 Å². The zero-order valence-corrected chi connectivity index (χ0v) is 12.2. The minimum absolute atomic E-state index is 0.0196. The SMILES string of the molecule is Cn1[nH]c(CC(C)(C)C)c(C(=O)c2cccnc2)c1=O. The fourth-order valence-corrected chi connectivity index (χ4v) is 2.14. The summed E-state index contributed by atoms with van der Waals surface area (Å²) in [6, 6.07) is 3.36. The predicted octanol–water partition coefficient (Wildman–Crippen LogP) is 1.93. The molecule has 2 heterocycles. The van der Waals surface area contributed by atoms with Gasteiger partial charge in [0.05, 0.1) is 0 Å². The Morgan fingerprint density at radius 2 is 2.10 bits per heavy atom. The highest BCUT2D eigenvalue weighted by Gasteiger charge is 2.24. The van der Waals surface area contributed by atoms with Crippen molar-refractivity contribution in [3.8, 4) is 0 Å². The molecule has 0 unspecified atom stereocenters.